The van der Waals surface area contributed by atoms with Gasteiger partial charge in [-0.3, -0.25) is 5.32 Å². The normalized spacial score (nSPS) is 16.4. The number of carbonyl (C=O) groups is 1. The molecule has 0 saturated heterocycles. The molecule has 0 unspecified atom stereocenters. The molecule has 6 nitrogen and oxygen atoms in total. The lowest BCUT2D eigenvalue weighted by Crippen LogP contribution is -2.32. The molecule has 158 valence electrons. The average molecular weight is 411 g/mol. The Morgan fingerprint density at radius 3 is 2.07 bits per heavy atom. The van der Waals surface area contributed by atoms with Crippen molar-refractivity contribution in [3.63, 3.8) is 0 Å². The van der Waals surface area contributed by atoms with E-state index in [0.29, 0.717) is 18.8 Å². The fraction of sp³-hybridized carbons (Fsp3) is 0.667. The molecule has 1 saturated carbocycles. The lowest BCUT2D eigenvalue weighted by molar-refractivity contribution is 0.0933. The second-order valence-electron chi connectivity index (χ2n) is 7.43. The van der Waals surface area contributed by atoms with Gasteiger partial charge in [0.1, 0.15) is 6.10 Å². The average Bonchev–Trinajstić information content (AvgIpc) is 2.64. The summed E-state index contributed by atoms with van der Waals surface area (Å²) in [7, 11) is -3.51. The second kappa shape index (κ2) is 11.4. The van der Waals surface area contributed by atoms with Crippen molar-refractivity contribution < 1.29 is 17.9 Å². The van der Waals surface area contributed by atoms with Crippen molar-refractivity contribution in [2.75, 3.05) is 18.4 Å². The number of anilines is 1. The Bertz CT molecular complexity index is 690. The summed E-state index contributed by atoms with van der Waals surface area (Å²) in [6, 6.07) is 6.31. The van der Waals surface area contributed by atoms with Gasteiger partial charge in [-0.25, -0.2) is 13.2 Å². The van der Waals surface area contributed by atoms with Gasteiger partial charge in [-0.05, 0) is 62.8 Å². The summed E-state index contributed by atoms with van der Waals surface area (Å²) >= 11 is 0. The zero-order chi connectivity index (χ0) is 20.4. The van der Waals surface area contributed by atoms with Crippen molar-refractivity contribution in [1.82, 2.24) is 4.31 Å². The number of ether oxygens (including phenoxy) is 1. The van der Waals surface area contributed by atoms with E-state index in [1.165, 1.54) is 23.6 Å². The molecular weight excluding hydrogens is 376 g/mol. The summed E-state index contributed by atoms with van der Waals surface area (Å²) in [6.45, 7) is 4.94. The Morgan fingerprint density at radius 1 is 1.00 bits per heavy atom. The third-order valence-corrected chi connectivity index (χ3v) is 6.92. The molecule has 2 rings (SSSR count). The minimum atomic E-state index is -3.51. The van der Waals surface area contributed by atoms with Crippen molar-refractivity contribution in [3.8, 4) is 0 Å². The third kappa shape index (κ3) is 6.78. The lowest BCUT2D eigenvalue weighted by atomic mass is 9.99. The highest BCUT2D eigenvalue weighted by Gasteiger charge is 2.23. The number of carbonyl (C=O) groups excluding carboxylic acids is 1. The molecule has 0 spiro atoms. The van der Waals surface area contributed by atoms with E-state index in [2.05, 4.69) is 5.32 Å². The summed E-state index contributed by atoms with van der Waals surface area (Å²) in [5.41, 5.74) is 0.535. The van der Waals surface area contributed by atoms with Crippen molar-refractivity contribution in [2.45, 2.75) is 82.6 Å². The summed E-state index contributed by atoms with van der Waals surface area (Å²) in [5, 5.41) is 2.71. The fourth-order valence-corrected chi connectivity index (χ4v) is 5.17. The highest BCUT2D eigenvalue weighted by Crippen LogP contribution is 2.21. The molecule has 0 radical (unpaired) electrons. The second-order valence-corrected chi connectivity index (χ2v) is 9.36. The summed E-state index contributed by atoms with van der Waals surface area (Å²) < 4.78 is 32.6. The molecule has 1 aliphatic rings. The number of hydrogen-bond donors (Lipinski definition) is 1. The molecule has 0 atom stereocenters. The lowest BCUT2D eigenvalue weighted by Gasteiger charge is -2.21. The van der Waals surface area contributed by atoms with Crippen LogP contribution in [0.4, 0.5) is 10.5 Å². The van der Waals surface area contributed by atoms with Gasteiger partial charge >= 0.3 is 6.09 Å². The Morgan fingerprint density at radius 2 is 1.54 bits per heavy atom. The maximum absolute atomic E-state index is 12.8. The van der Waals surface area contributed by atoms with Gasteiger partial charge in [-0.1, -0.05) is 33.1 Å². The Hall–Kier alpha value is -1.60. The van der Waals surface area contributed by atoms with E-state index in [-0.39, 0.29) is 11.0 Å². The molecule has 0 aromatic heterocycles. The number of hydrogen-bond acceptors (Lipinski definition) is 4. The molecular formula is C21H34N2O4S. The SMILES string of the molecule is CCCN(CCC)S(=O)(=O)c1ccc(NC(=O)OC2CCCCCCC2)cc1. The number of benzene rings is 1. The molecule has 1 fully saturated rings. The number of amides is 1. The Labute approximate surface area is 169 Å². The van der Waals surface area contributed by atoms with Crippen LogP contribution >= 0.6 is 0 Å². The summed E-state index contributed by atoms with van der Waals surface area (Å²) in [6.07, 6.45) is 8.71. The molecule has 0 bridgehead atoms. The fourth-order valence-electron chi connectivity index (χ4n) is 3.55. The standard InChI is InChI=1S/C21H34N2O4S/c1-3-16-23(17-4-2)28(25,26)20-14-12-18(13-15-20)22-21(24)27-19-10-8-6-5-7-9-11-19/h12-15,19H,3-11,16-17H2,1-2H3,(H,22,24). The van der Waals surface area contributed by atoms with Gasteiger partial charge in [-0.2, -0.15) is 4.31 Å². The van der Waals surface area contributed by atoms with E-state index < -0.39 is 16.1 Å². The van der Waals surface area contributed by atoms with E-state index in [9.17, 15) is 13.2 Å². The molecule has 1 N–H and O–H groups in total. The predicted molar refractivity (Wildman–Crippen MR) is 112 cm³/mol. The van der Waals surface area contributed by atoms with Gasteiger partial charge in [0.15, 0.2) is 0 Å². The van der Waals surface area contributed by atoms with E-state index in [1.807, 2.05) is 13.8 Å². The monoisotopic (exact) mass is 410 g/mol. The number of nitrogens with zero attached hydrogens (tertiary/aromatic N) is 1. The zero-order valence-corrected chi connectivity index (χ0v) is 18.0. The van der Waals surface area contributed by atoms with Gasteiger partial charge in [0.2, 0.25) is 10.0 Å². The quantitative estimate of drug-likeness (QED) is 0.642. The van der Waals surface area contributed by atoms with Crippen LogP contribution in [0.5, 0.6) is 0 Å². The third-order valence-electron chi connectivity index (χ3n) is 5.01. The Kier molecular flexibility index (Phi) is 9.25. The van der Waals surface area contributed by atoms with Crippen LogP contribution in [0.15, 0.2) is 29.2 Å². The van der Waals surface area contributed by atoms with Gasteiger partial charge in [-0.15, -0.1) is 0 Å². The van der Waals surface area contributed by atoms with Crippen LogP contribution < -0.4 is 5.32 Å². The van der Waals surface area contributed by atoms with E-state index in [4.69, 9.17) is 4.74 Å². The number of rotatable bonds is 8. The minimum absolute atomic E-state index is 0.0309. The molecule has 1 aromatic rings. The van der Waals surface area contributed by atoms with Crippen molar-refractivity contribution in [2.24, 2.45) is 0 Å². The topological polar surface area (TPSA) is 75.7 Å². The van der Waals surface area contributed by atoms with E-state index >= 15 is 0 Å². The van der Waals surface area contributed by atoms with Gasteiger partial charge in [0.25, 0.3) is 0 Å². The van der Waals surface area contributed by atoms with Crippen LogP contribution in [-0.4, -0.2) is 38.0 Å². The zero-order valence-electron chi connectivity index (χ0n) is 17.2. The first-order valence-electron chi connectivity index (χ1n) is 10.5. The van der Waals surface area contributed by atoms with Crippen LogP contribution in [0.3, 0.4) is 0 Å². The van der Waals surface area contributed by atoms with Crippen LogP contribution in [-0.2, 0) is 14.8 Å². The van der Waals surface area contributed by atoms with Gasteiger partial charge in [0, 0.05) is 18.8 Å². The maximum Gasteiger partial charge on any atom is 0.411 e. The predicted octanol–water partition coefficient (Wildman–Crippen LogP) is 5.16. The molecule has 28 heavy (non-hydrogen) atoms. The van der Waals surface area contributed by atoms with E-state index in [0.717, 1.165) is 38.5 Å². The van der Waals surface area contributed by atoms with Gasteiger partial charge < -0.3 is 4.74 Å². The minimum Gasteiger partial charge on any atom is -0.446 e. The van der Waals surface area contributed by atoms with Gasteiger partial charge in [0.05, 0.1) is 4.90 Å². The molecule has 0 aliphatic heterocycles. The van der Waals surface area contributed by atoms with Crippen molar-refractivity contribution in [3.05, 3.63) is 24.3 Å². The molecule has 0 heterocycles. The number of sulfonamides is 1. The summed E-state index contributed by atoms with van der Waals surface area (Å²) in [4.78, 5) is 12.4. The molecule has 1 aromatic carbocycles. The number of nitrogens with one attached hydrogen (secondary N) is 1. The Balaban J connectivity index is 1.96. The smallest absolute Gasteiger partial charge is 0.411 e. The largest absolute Gasteiger partial charge is 0.446 e. The van der Waals surface area contributed by atoms with Crippen LogP contribution in [0.1, 0.15) is 71.6 Å². The first-order chi connectivity index (χ1) is 13.5. The maximum atomic E-state index is 12.8. The molecule has 1 aliphatic carbocycles. The van der Waals surface area contributed by atoms with Crippen LogP contribution in [0.25, 0.3) is 0 Å². The summed E-state index contributed by atoms with van der Waals surface area (Å²) in [5.74, 6) is 0. The highest BCUT2D eigenvalue weighted by molar-refractivity contribution is 7.89. The molecule has 1 amide bonds. The highest BCUT2D eigenvalue weighted by atomic mass is 32.2. The van der Waals surface area contributed by atoms with Crippen LogP contribution in [0, 0.1) is 0 Å². The first-order valence-corrected chi connectivity index (χ1v) is 12.0. The van der Waals surface area contributed by atoms with Crippen LogP contribution in [0.2, 0.25) is 0 Å². The molecule has 7 heteroatoms. The van der Waals surface area contributed by atoms with Crippen molar-refractivity contribution >= 4 is 21.8 Å². The van der Waals surface area contributed by atoms with Crippen molar-refractivity contribution in [1.29, 1.82) is 0 Å². The first kappa shape index (κ1) is 22.7. The van der Waals surface area contributed by atoms with E-state index in [1.54, 1.807) is 24.3 Å².